The Hall–Kier alpha value is -1.64. The summed E-state index contributed by atoms with van der Waals surface area (Å²) in [5, 5.41) is 0. The number of aromatic nitrogens is 1. The van der Waals surface area contributed by atoms with Crippen LogP contribution in [-0.2, 0) is 10.6 Å². The maximum Gasteiger partial charge on any atom is 0.573 e. The van der Waals surface area contributed by atoms with Crippen LogP contribution in [-0.4, -0.2) is 24.4 Å². The third kappa shape index (κ3) is 3.69. The number of carbonyl (C=O) groups excluding carboxylic acids is 1. The molecule has 0 saturated heterocycles. The van der Waals surface area contributed by atoms with E-state index in [1.807, 2.05) is 0 Å². The van der Waals surface area contributed by atoms with Crippen molar-refractivity contribution in [3.8, 4) is 5.75 Å². The van der Waals surface area contributed by atoms with Crippen LogP contribution in [0.4, 0.5) is 22.0 Å². The summed E-state index contributed by atoms with van der Waals surface area (Å²) in [6.07, 6.45) is -7.85. The number of hydrogen-bond donors (Lipinski definition) is 0. The number of pyridine rings is 1. The Balaban J connectivity index is 3.51. The van der Waals surface area contributed by atoms with Crippen LogP contribution in [0.1, 0.15) is 28.0 Å². The second-order valence-electron chi connectivity index (χ2n) is 3.34. The van der Waals surface area contributed by atoms with Crippen LogP contribution in [0.15, 0.2) is 6.20 Å². The lowest BCUT2D eigenvalue weighted by atomic mass is 10.1. The van der Waals surface area contributed by atoms with Crippen LogP contribution in [0.25, 0.3) is 0 Å². The first kappa shape index (κ1) is 16.4. The minimum absolute atomic E-state index is 0.518. The van der Waals surface area contributed by atoms with Gasteiger partial charge in [-0.05, 0) is 0 Å². The smallest absolute Gasteiger partial charge is 0.465 e. The fraction of sp³-hybridized carbons (Fsp3) is 0.400. The fourth-order valence-corrected chi connectivity index (χ4v) is 1.61. The van der Waals surface area contributed by atoms with Gasteiger partial charge in [0.1, 0.15) is 11.3 Å². The van der Waals surface area contributed by atoms with Crippen molar-refractivity contribution in [1.82, 2.24) is 4.98 Å². The summed E-state index contributed by atoms with van der Waals surface area (Å²) < 4.78 is 70.1. The molecule has 112 valence electrons. The highest BCUT2D eigenvalue weighted by Gasteiger charge is 2.36. The van der Waals surface area contributed by atoms with Gasteiger partial charge in [-0.2, -0.15) is 0 Å². The van der Waals surface area contributed by atoms with Crippen molar-refractivity contribution in [2.24, 2.45) is 0 Å². The van der Waals surface area contributed by atoms with E-state index in [1.54, 1.807) is 0 Å². The Kier molecular flexibility index (Phi) is 5.09. The van der Waals surface area contributed by atoms with Gasteiger partial charge < -0.3 is 9.47 Å². The lowest BCUT2D eigenvalue weighted by Crippen LogP contribution is -2.21. The molecule has 1 rings (SSSR count). The van der Waals surface area contributed by atoms with Gasteiger partial charge in [0, 0.05) is 11.8 Å². The Morgan fingerprint density at radius 2 is 2.05 bits per heavy atom. The lowest BCUT2D eigenvalue weighted by molar-refractivity contribution is -0.275. The molecule has 20 heavy (non-hydrogen) atoms. The van der Waals surface area contributed by atoms with E-state index in [0.29, 0.717) is 6.20 Å². The SMILES string of the molecule is COC(=O)c1cnc(C(F)F)c(CCl)c1OC(F)(F)F. The van der Waals surface area contributed by atoms with E-state index < -0.39 is 47.2 Å². The molecule has 1 heterocycles. The molecule has 1 aromatic heterocycles. The summed E-state index contributed by atoms with van der Waals surface area (Å²) >= 11 is 5.36. The van der Waals surface area contributed by atoms with Crippen LogP contribution in [0.2, 0.25) is 0 Å². The number of carbonyl (C=O) groups is 1. The predicted octanol–water partition coefficient (Wildman–Crippen LogP) is 3.44. The van der Waals surface area contributed by atoms with Gasteiger partial charge in [0.2, 0.25) is 0 Å². The average Bonchev–Trinajstić information content (AvgIpc) is 2.35. The minimum atomic E-state index is -5.19. The van der Waals surface area contributed by atoms with Crippen molar-refractivity contribution >= 4 is 17.6 Å². The first-order valence-corrected chi connectivity index (χ1v) is 5.44. The van der Waals surface area contributed by atoms with Gasteiger partial charge in [-0.1, -0.05) is 0 Å². The van der Waals surface area contributed by atoms with Crippen molar-refractivity contribution < 1.29 is 36.2 Å². The Bertz CT molecular complexity index is 506. The number of esters is 1. The number of hydrogen-bond acceptors (Lipinski definition) is 4. The molecule has 0 aliphatic rings. The van der Waals surface area contributed by atoms with E-state index >= 15 is 0 Å². The van der Waals surface area contributed by atoms with Crippen LogP contribution in [0, 0.1) is 0 Å². The predicted molar refractivity (Wildman–Crippen MR) is 56.8 cm³/mol. The molecule has 0 radical (unpaired) electrons. The molecular formula is C10H7ClF5NO3. The molecule has 10 heteroatoms. The third-order valence-corrected chi connectivity index (χ3v) is 2.39. The van der Waals surface area contributed by atoms with Crippen molar-refractivity contribution in [3.05, 3.63) is 23.0 Å². The van der Waals surface area contributed by atoms with E-state index in [-0.39, 0.29) is 0 Å². The Morgan fingerprint density at radius 3 is 2.45 bits per heavy atom. The van der Waals surface area contributed by atoms with E-state index in [1.165, 1.54) is 0 Å². The molecular weight excluding hydrogens is 313 g/mol. The lowest BCUT2D eigenvalue weighted by Gasteiger charge is -2.17. The summed E-state index contributed by atoms with van der Waals surface area (Å²) in [4.78, 5) is 14.6. The summed E-state index contributed by atoms with van der Waals surface area (Å²) in [6.45, 7) is 0. The van der Waals surface area contributed by atoms with Crippen molar-refractivity contribution in [2.45, 2.75) is 18.7 Å². The zero-order valence-corrected chi connectivity index (χ0v) is 10.6. The molecule has 0 aromatic carbocycles. The number of nitrogens with zero attached hydrogens (tertiary/aromatic N) is 1. The van der Waals surface area contributed by atoms with Gasteiger partial charge in [-0.15, -0.1) is 24.8 Å². The number of alkyl halides is 6. The van der Waals surface area contributed by atoms with Gasteiger partial charge in [-0.25, -0.2) is 13.6 Å². The van der Waals surface area contributed by atoms with Gasteiger partial charge >= 0.3 is 12.3 Å². The zero-order chi connectivity index (χ0) is 15.5. The van der Waals surface area contributed by atoms with Crippen molar-refractivity contribution in [1.29, 1.82) is 0 Å². The van der Waals surface area contributed by atoms with E-state index in [9.17, 15) is 26.7 Å². The van der Waals surface area contributed by atoms with Gasteiger partial charge in [0.25, 0.3) is 6.43 Å². The van der Waals surface area contributed by atoms with Gasteiger partial charge in [0.15, 0.2) is 5.75 Å². The number of methoxy groups -OCH3 is 1. The quantitative estimate of drug-likeness (QED) is 0.484. The van der Waals surface area contributed by atoms with Crippen molar-refractivity contribution in [3.63, 3.8) is 0 Å². The van der Waals surface area contributed by atoms with Crippen LogP contribution < -0.4 is 4.74 Å². The molecule has 0 fully saturated rings. The van der Waals surface area contributed by atoms with Crippen LogP contribution in [0.5, 0.6) is 5.75 Å². The van der Waals surface area contributed by atoms with E-state index in [4.69, 9.17) is 11.6 Å². The normalized spacial score (nSPS) is 11.6. The second-order valence-corrected chi connectivity index (χ2v) is 3.61. The highest BCUT2D eigenvalue weighted by molar-refractivity contribution is 6.17. The Morgan fingerprint density at radius 1 is 1.45 bits per heavy atom. The number of rotatable bonds is 4. The van der Waals surface area contributed by atoms with Crippen molar-refractivity contribution in [2.75, 3.05) is 7.11 Å². The minimum Gasteiger partial charge on any atom is -0.465 e. The standard InChI is InChI=1S/C10H7ClF5NO3/c1-19-9(18)5-3-17-6(8(12)13)4(2-11)7(5)20-10(14,15)16/h3,8H,2H2,1H3. The molecule has 0 aliphatic heterocycles. The summed E-state index contributed by atoms with van der Waals surface area (Å²) in [5.41, 5.74) is -2.46. The fourth-order valence-electron chi connectivity index (χ4n) is 1.35. The monoisotopic (exact) mass is 319 g/mol. The Labute approximate surface area is 114 Å². The topological polar surface area (TPSA) is 48.4 Å². The molecule has 0 aliphatic carbocycles. The van der Waals surface area contributed by atoms with Crippen LogP contribution in [0.3, 0.4) is 0 Å². The first-order valence-electron chi connectivity index (χ1n) is 4.91. The maximum atomic E-state index is 12.7. The highest BCUT2D eigenvalue weighted by atomic mass is 35.5. The molecule has 0 unspecified atom stereocenters. The van der Waals surface area contributed by atoms with E-state index in [2.05, 4.69) is 14.5 Å². The van der Waals surface area contributed by atoms with Gasteiger partial charge in [-0.3, -0.25) is 4.98 Å². The maximum absolute atomic E-state index is 12.7. The highest BCUT2D eigenvalue weighted by Crippen LogP contribution is 2.36. The molecule has 0 bridgehead atoms. The van der Waals surface area contributed by atoms with E-state index in [0.717, 1.165) is 7.11 Å². The number of ether oxygens (including phenoxy) is 2. The second kappa shape index (κ2) is 6.21. The average molecular weight is 320 g/mol. The summed E-state index contributed by atoms with van der Waals surface area (Å²) in [6, 6.07) is 0. The molecule has 0 spiro atoms. The van der Waals surface area contributed by atoms with Crippen LogP contribution >= 0.6 is 11.6 Å². The molecule has 1 aromatic rings. The third-order valence-electron chi connectivity index (χ3n) is 2.12. The molecule has 4 nitrogen and oxygen atoms in total. The molecule has 0 atom stereocenters. The summed E-state index contributed by atoms with van der Waals surface area (Å²) in [7, 11) is 0.904. The summed E-state index contributed by atoms with van der Waals surface area (Å²) in [5.74, 6) is -3.10. The number of halogens is 6. The first-order chi connectivity index (χ1) is 9.21. The molecule has 0 N–H and O–H groups in total. The molecule has 0 amide bonds. The largest absolute Gasteiger partial charge is 0.573 e. The molecule has 0 saturated carbocycles. The van der Waals surface area contributed by atoms with Gasteiger partial charge in [0.05, 0.1) is 13.0 Å². The zero-order valence-electron chi connectivity index (χ0n) is 9.80.